The van der Waals surface area contributed by atoms with E-state index >= 15 is 0 Å². The van der Waals surface area contributed by atoms with Gasteiger partial charge in [-0.25, -0.2) is 4.98 Å². The van der Waals surface area contributed by atoms with E-state index < -0.39 is 18.3 Å². The van der Waals surface area contributed by atoms with Gasteiger partial charge in [0, 0.05) is 11.6 Å². The van der Waals surface area contributed by atoms with Gasteiger partial charge >= 0.3 is 0 Å². The fraction of sp³-hybridized carbons (Fsp3) is 0.310. The SMILES string of the molecule is CC(C)(C)C#Cc1cn2c(n1)[C@H](OCc1ccccc1)[C@@H](OCc1ccccc1)[C@H](OCc1ccccc1)[C@H]2COCc1ccccc1. The minimum atomic E-state index is -0.523. The van der Waals surface area contributed by atoms with Crippen LogP contribution in [0.5, 0.6) is 0 Å². The molecule has 0 fully saturated rings. The lowest BCUT2D eigenvalue weighted by Crippen LogP contribution is -2.50. The number of hydrogen-bond donors (Lipinski definition) is 0. The Hall–Kier alpha value is -4.51. The van der Waals surface area contributed by atoms with Crippen LogP contribution in [0.1, 0.15) is 66.7 Å². The van der Waals surface area contributed by atoms with E-state index in [1.54, 1.807) is 0 Å². The Balaban J connectivity index is 1.40. The highest BCUT2D eigenvalue weighted by Gasteiger charge is 2.47. The maximum Gasteiger partial charge on any atom is 0.144 e. The standard InChI is InChI=1S/C42H44N2O4/c1-42(2,3)25-24-36-26-44-37(31-45-27-32-16-8-4-9-17-32)38(46-28-33-18-10-5-11-19-33)39(47-29-34-20-12-6-13-21-34)40(41(44)43-36)48-30-35-22-14-7-15-23-35/h4-23,26,37-40H,27-31H2,1-3H3/t37-,38-,39+,40-/m1/s1. The number of ether oxygens (including phenoxy) is 4. The molecule has 0 bridgehead atoms. The molecule has 0 unspecified atom stereocenters. The molecule has 6 nitrogen and oxygen atoms in total. The summed E-state index contributed by atoms with van der Waals surface area (Å²) in [6, 6.07) is 40.6. The summed E-state index contributed by atoms with van der Waals surface area (Å²) >= 11 is 0. The number of aromatic nitrogens is 2. The zero-order valence-electron chi connectivity index (χ0n) is 28.0. The molecule has 0 N–H and O–H groups in total. The molecule has 6 heteroatoms. The molecule has 0 saturated carbocycles. The summed E-state index contributed by atoms with van der Waals surface area (Å²) in [6.07, 6.45) is 0.595. The number of benzene rings is 4. The van der Waals surface area contributed by atoms with Gasteiger partial charge in [-0.1, -0.05) is 127 Å². The molecule has 0 spiro atoms. The van der Waals surface area contributed by atoms with Crippen molar-refractivity contribution in [2.24, 2.45) is 5.41 Å². The van der Waals surface area contributed by atoms with Gasteiger partial charge in [0.25, 0.3) is 0 Å². The van der Waals surface area contributed by atoms with Crippen molar-refractivity contribution < 1.29 is 18.9 Å². The highest BCUT2D eigenvalue weighted by atomic mass is 16.6. The molecule has 4 aromatic carbocycles. The number of fused-ring (bicyclic) bond motifs is 1. The lowest BCUT2D eigenvalue weighted by Gasteiger charge is -2.42. The van der Waals surface area contributed by atoms with Crippen LogP contribution in [0.25, 0.3) is 0 Å². The minimum Gasteiger partial charge on any atom is -0.375 e. The number of nitrogens with zero attached hydrogens (tertiary/aromatic N) is 2. The van der Waals surface area contributed by atoms with E-state index in [2.05, 4.69) is 85.7 Å². The van der Waals surface area contributed by atoms with Gasteiger partial charge in [0.2, 0.25) is 0 Å². The molecule has 5 aromatic rings. The van der Waals surface area contributed by atoms with E-state index in [0.717, 1.165) is 28.1 Å². The predicted molar refractivity (Wildman–Crippen MR) is 188 cm³/mol. The second kappa shape index (κ2) is 16.1. The molecular weight excluding hydrogens is 596 g/mol. The van der Waals surface area contributed by atoms with Crippen LogP contribution in [0.3, 0.4) is 0 Å². The lowest BCUT2D eigenvalue weighted by atomic mass is 9.95. The molecular formula is C42H44N2O4. The van der Waals surface area contributed by atoms with Gasteiger partial charge in [0.05, 0.1) is 39.1 Å². The fourth-order valence-electron chi connectivity index (χ4n) is 5.79. The Kier molecular flexibility index (Phi) is 11.2. The molecule has 1 aliphatic heterocycles. The van der Waals surface area contributed by atoms with E-state index in [-0.39, 0.29) is 11.5 Å². The smallest absolute Gasteiger partial charge is 0.144 e. The third-order valence-corrected chi connectivity index (χ3v) is 8.18. The first-order chi connectivity index (χ1) is 23.4. The van der Waals surface area contributed by atoms with Gasteiger partial charge in [-0.3, -0.25) is 0 Å². The van der Waals surface area contributed by atoms with Crippen LogP contribution in [-0.4, -0.2) is 28.4 Å². The summed E-state index contributed by atoms with van der Waals surface area (Å²) < 4.78 is 29.1. The third-order valence-electron chi connectivity index (χ3n) is 8.18. The van der Waals surface area contributed by atoms with E-state index in [4.69, 9.17) is 23.9 Å². The van der Waals surface area contributed by atoms with Crippen LogP contribution in [-0.2, 0) is 45.4 Å². The fourth-order valence-corrected chi connectivity index (χ4v) is 5.79. The quantitative estimate of drug-likeness (QED) is 0.121. The average molecular weight is 641 g/mol. The lowest BCUT2D eigenvalue weighted by molar-refractivity contribution is -0.188. The van der Waals surface area contributed by atoms with Gasteiger partial charge in [0.1, 0.15) is 29.8 Å². The van der Waals surface area contributed by atoms with Crippen LogP contribution in [0.15, 0.2) is 128 Å². The second-order valence-corrected chi connectivity index (χ2v) is 13.2. The number of hydrogen-bond acceptors (Lipinski definition) is 5. The van der Waals surface area contributed by atoms with Gasteiger partial charge in [-0.2, -0.15) is 0 Å². The second-order valence-electron chi connectivity index (χ2n) is 13.2. The first-order valence-corrected chi connectivity index (χ1v) is 16.6. The average Bonchev–Trinajstić information content (AvgIpc) is 3.54. The normalized spacial score (nSPS) is 18.9. The summed E-state index contributed by atoms with van der Waals surface area (Å²) in [5.41, 5.74) is 4.85. The summed E-state index contributed by atoms with van der Waals surface area (Å²) in [5, 5.41) is 0. The molecule has 1 aliphatic rings. The first-order valence-electron chi connectivity index (χ1n) is 16.6. The Morgan fingerprint density at radius 2 is 1.06 bits per heavy atom. The zero-order chi connectivity index (χ0) is 33.2. The molecule has 2 heterocycles. The Morgan fingerprint density at radius 1 is 0.604 bits per heavy atom. The summed E-state index contributed by atoms with van der Waals surface area (Å²) in [6.45, 7) is 8.38. The monoisotopic (exact) mass is 640 g/mol. The van der Waals surface area contributed by atoms with Crippen molar-refractivity contribution >= 4 is 0 Å². The molecule has 0 saturated heterocycles. The zero-order valence-corrected chi connectivity index (χ0v) is 28.0. The topological polar surface area (TPSA) is 54.7 Å². The molecule has 0 amide bonds. The molecule has 48 heavy (non-hydrogen) atoms. The van der Waals surface area contributed by atoms with Crippen LogP contribution < -0.4 is 0 Å². The van der Waals surface area contributed by atoms with E-state index in [9.17, 15) is 0 Å². The van der Waals surface area contributed by atoms with Crippen LogP contribution in [0.2, 0.25) is 0 Å². The van der Waals surface area contributed by atoms with Crippen molar-refractivity contribution in [3.05, 3.63) is 161 Å². The molecule has 6 rings (SSSR count). The maximum absolute atomic E-state index is 6.88. The van der Waals surface area contributed by atoms with Gasteiger partial charge in [0.15, 0.2) is 0 Å². The van der Waals surface area contributed by atoms with Gasteiger partial charge in [-0.05, 0) is 48.9 Å². The summed E-state index contributed by atoms with van der Waals surface area (Å²) in [5.74, 6) is 7.44. The Bertz CT molecular complexity index is 1760. The maximum atomic E-state index is 6.88. The molecule has 4 atom stereocenters. The highest BCUT2D eigenvalue weighted by Crippen LogP contribution is 2.40. The van der Waals surface area contributed by atoms with E-state index in [1.165, 1.54) is 0 Å². The van der Waals surface area contributed by atoms with Gasteiger partial charge in [-0.15, -0.1) is 0 Å². The van der Waals surface area contributed by atoms with Crippen molar-refractivity contribution in [3.8, 4) is 11.8 Å². The van der Waals surface area contributed by atoms with Crippen molar-refractivity contribution in [2.75, 3.05) is 6.61 Å². The van der Waals surface area contributed by atoms with Crippen molar-refractivity contribution in [2.45, 2.75) is 71.6 Å². The van der Waals surface area contributed by atoms with Crippen molar-refractivity contribution in [1.29, 1.82) is 0 Å². The summed E-state index contributed by atoms with van der Waals surface area (Å²) in [7, 11) is 0. The molecule has 246 valence electrons. The summed E-state index contributed by atoms with van der Waals surface area (Å²) in [4.78, 5) is 5.10. The molecule has 0 aliphatic carbocycles. The number of imidazole rings is 1. The molecule has 1 aromatic heterocycles. The van der Waals surface area contributed by atoms with E-state index in [1.807, 2.05) is 79.0 Å². The van der Waals surface area contributed by atoms with Crippen LogP contribution in [0, 0.1) is 17.3 Å². The first kappa shape index (κ1) is 33.4. The minimum absolute atomic E-state index is 0.172. The van der Waals surface area contributed by atoms with Crippen LogP contribution in [0.4, 0.5) is 0 Å². The van der Waals surface area contributed by atoms with Crippen molar-refractivity contribution in [3.63, 3.8) is 0 Å². The van der Waals surface area contributed by atoms with Crippen LogP contribution >= 0.6 is 0 Å². The Morgan fingerprint density at radius 3 is 1.56 bits per heavy atom. The Labute approximate surface area is 284 Å². The highest BCUT2D eigenvalue weighted by molar-refractivity contribution is 5.31. The van der Waals surface area contributed by atoms with E-state index in [0.29, 0.717) is 38.7 Å². The molecule has 0 radical (unpaired) electrons. The predicted octanol–water partition coefficient (Wildman–Crippen LogP) is 8.48. The largest absolute Gasteiger partial charge is 0.375 e. The van der Waals surface area contributed by atoms with Gasteiger partial charge < -0.3 is 23.5 Å². The third kappa shape index (κ3) is 9.09. The van der Waals surface area contributed by atoms with Crippen molar-refractivity contribution in [1.82, 2.24) is 9.55 Å². The number of rotatable bonds is 13.